The van der Waals surface area contributed by atoms with Crippen molar-refractivity contribution >= 4 is 0 Å². The Morgan fingerprint density at radius 1 is 0.778 bits per heavy atom. The SMILES string of the molecule is C.C.C.C.CCC(C)OC.CCOOC(C)CC. The fourth-order valence-corrected chi connectivity index (χ4v) is 0.419. The van der Waals surface area contributed by atoms with Gasteiger partial charge in [-0.25, -0.2) is 9.78 Å². The van der Waals surface area contributed by atoms with Crippen molar-refractivity contribution < 1.29 is 14.5 Å². The molecule has 0 fully saturated rings. The van der Waals surface area contributed by atoms with Gasteiger partial charge in [-0.1, -0.05) is 43.6 Å². The summed E-state index contributed by atoms with van der Waals surface area (Å²) in [6.45, 7) is 10.7. The minimum absolute atomic E-state index is 0. The molecule has 0 spiro atoms. The molecule has 0 aliphatic rings. The van der Waals surface area contributed by atoms with Gasteiger partial charge < -0.3 is 4.74 Å². The van der Waals surface area contributed by atoms with Crippen molar-refractivity contribution in [1.29, 1.82) is 0 Å². The molecule has 2 unspecified atom stereocenters. The van der Waals surface area contributed by atoms with Crippen LogP contribution >= 0.6 is 0 Å². The van der Waals surface area contributed by atoms with Crippen molar-refractivity contribution in [1.82, 2.24) is 0 Å². The average Bonchev–Trinajstić information content (AvgIpc) is 2.25. The van der Waals surface area contributed by atoms with Gasteiger partial charge in [-0.05, 0) is 33.6 Å². The molecule has 0 saturated heterocycles. The molecule has 0 aromatic rings. The molecule has 0 saturated carbocycles. The molecule has 0 aliphatic heterocycles. The van der Waals surface area contributed by atoms with Gasteiger partial charge in [0.05, 0.1) is 18.8 Å². The molecule has 0 aromatic carbocycles. The summed E-state index contributed by atoms with van der Waals surface area (Å²) in [5.74, 6) is 0. The summed E-state index contributed by atoms with van der Waals surface area (Å²) >= 11 is 0. The Hall–Kier alpha value is -0.120. The zero-order valence-corrected chi connectivity index (χ0v) is 10.5. The zero-order chi connectivity index (χ0) is 11.4. The van der Waals surface area contributed by atoms with Gasteiger partial charge in [0, 0.05) is 7.11 Å². The summed E-state index contributed by atoms with van der Waals surface area (Å²) in [5.41, 5.74) is 0. The Kier molecular flexibility index (Phi) is 60.5. The lowest BCUT2D eigenvalue weighted by atomic mass is 10.3. The number of hydrogen-bond donors (Lipinski definition) is 0. The van der Waals surface area contributed by atoms with Gasteiger partial charge in [-0.15, -0.1) is 0 Å². The van der Waals surface area contributed by atoms with Crippen molar-refractivity contribution in [3.05, 3.63) is 0 Å². The van der Waals surface area contributed by atoms with Crippen molar-refractivity contribution in [3.63, 3.8) is 0 Å². The average molecular weight is 270 g/mol. The second kappa shape index (κ2) is 30.2. The highest BCUT2D eigenvalue weighted by Gasteiger charge is 1.95. The number of hydrogen-bond acceptors (Lipinski definition) is 3. The molecule has 0 aliphatic carbocycles. The lowest BCUT2D eigenvalue weighted by molar-refractivity contribution is -0.317. The summed E-state index contributed by atoms with van der Waals surface area (Å²) in [5, 5.41) is 0. The van der Waals surface area contributed by atoms with E-state index in [1.165, 1.54) is 0 Å². The minimum Gasteiger partial charge on any atom is -0.382 e. The molecule has 0 bridgehead atoms. The van der Waals surface area contributed by atoms with Crippen molar-refractivity contribution in [2.75, 3.05) is 13.7 Å². The van der Waals surface area contributed by atoms with Crippen LogP contribution < -0.4 is 0 Å². The van der Waals surface area contributed by atoms with Gasteiger partial charge in [0.15, 0.2) is 0 Å². The Bertz CT molecular complexity index is 93.7. The molecule has 120 valence electrons. The molecule has 3 heteroatoms. The van der Waals surface area contributed by atoms with Gasteiger partial charge in [0.2, 0.25) is 0 Å². The summed E-state index contributed by atoms with van der Waals surface area (Å²) in [4.78, 5) is 9.53. The second-order valence-electron chi connectivity index (χ2n) is 3.18. The van der Waals surface area contributed by atoms with Crippen LogP contribution in [0.3, 0.4) is 0 Å². The van der Waals surface area contributed by atoms with Crippen LogP contribution in [0.25, 0.3) is 0 Å². The monoisotopic (exact) mass is 270 g/mol. The maximum atomic E-state index is 4.90. The summed E-state index contributed by atoms with van der Waals surface area (Å²) in [7, 11) is 1.73. The van der Waals surface area contributed by atoms with E-state index in [-0.39, 0.29) is 35.8 Å². The molecule has 0 amide bonds. The van der Waals surface area contributed by atoms with Crippen LogP contribution in [0.5, 0.6) is 0 Å². The topological polar surface area (TPSA) is 27.7 Å². The number of rotatable bonds is 6. The molecule has 18 heavy (non-hydrogen) atoms. The van der Waals surface area contributed by atoms with E-state index in [1.54, 1.807) is 7.11 Å². The zero-order valence-electron chi connectivity index (χ0n) is 10.5. The molecule has 0 N–H and O–H groups in total. The molecular formula is C15H42O3. The Balaban J connectivity index is -0.0000000335. The van der Waals surface area contributed by atoms with E-state index >= 15 is 0 Å². The van der Waals surface area contributed by atoms with Crippen LogP contribution in [-0.4, -0.2) is 25.9 Å². The first-order chi connectivity index (χ1) is 6.62. The lowest BCUT2D eigenvalue weighted by Gasteiger charge is -2.06. The molecule has 3 nitrogen and oxygen atoms in total. The first-order valence-corrected chi connectivity index (χ1v) is 5.43. The summed E-state index contributed by atoms with van der Waals surface area (Å²) in [6.07, 6.45) is 2.77. The van der Waals surface area contributed by atoms with Gasteiger partial charge in [0.25, 0.3) is 0 Å². The third kappa shape index (κ3) is 36.0. The minimum atomic E-state index is 0. The lowest BCUT2D eigenvalue weighted by Crippen LogP contribution is -2.06. The second-order valence-corrected chi connectivity index (χ2v) is 3.18. The fraction of sp³-hybridized carbons (Fsp3) is 1.00. The Labute approximate surface area is 118 Å². The third-order valence-electron chi connectivity index (χ3n) is 1.90. The van der Waals surface area contributed by atoms with Gasteiger partial charge in [0.1, 0.15) is 0 Å². The standard InChI is InChI=1S/C6H14O2.C5H12O.4CH4/c1-4-6(3)8-7-5-2;1-4-5(2)6-3;;;;/h6H,4-5H2,1-3H3;5H,4H2,1-3H3;4*1H4. The largest absolute Gasteiger partial charge is 0.382 e. The normalized spacial score (nSPS) is 11.0. The molecule has 0 aromatic heterocycles. The smallest absolute Gasteiger partial charge is 0.0899 e. The predicted molar refractivity (Wildman–Crippen MR) is 86.2 cm³/mol. The van der Waals surface area contributed by atoms with E-state index in [1.807, 2.05) is 13.8 Å². The van der Waals surface area contributed by atoms with Gasteiger partial charge in [-0.3, -0.25) is 0 Å². The Morgan fingerprint density at radius 3 is 1.33 bits per heavy atom. The highest BCUT2D eigenvalue weighted by atomic mass is 17.2. The molecule has 0 radical (unpaired) electrons. The van der Waals surface area contributed by atoms with E-state index in [0.717, 1.165) is 12.8 Å². The van der Waals surface area contributed by atoms with Crippen LogP contribution in [0.1, 0.15) is 77.2 Å². The van der Waals surface area contributed by atoms with Crippen molar-refractivity contribution in [2.45, 2.75) is 89.4 Å². The maximum Gasteiger partial charge on any atom is 0.0899 e. The van der Waals surface area contributed by atoms with Crippen LogP contribution in [-0.2, 0) is 14.5 Å². The van der Waals surface area contributed by atoms with E-state index in [9.17, 15) is 0 Å². The van der Waals surface area contributed by atoms with E-state index in [4.69, 9.17) is 9.62 Å². The molecule has 0 rings (SSSR count). The van der Waals surface area contributed by atoms with Gasteiger partial charge in [-0.2, -0.15) is 0 Å². The molecular weight excluding hydrogens is 228 g/mol. The number of ether oxygens (including phenoxy) is 1. The third-order valence-corrected chi connectivity index (χ3v) is 1.90. The van der Waals surface area contributed by atoms with E-state index in [0.29, 0.717) is 12.7 Å². The highest BCUT2D eigenvalue weighted by Crippen LogP contribution is 1.94. The van der Waals surface area contributed by atoms with E-state index < -0.39 is 0 Å². The van der Waals surface area contributed by atoms with Crippen LogP contribution in [0.4, 0.5) is 0 Å². The van der Waals surface area contributed by atoms with E-state index in [2.05, 4.69) is 25.7 Å². The van der Waals surface area contributed by atoms with Gasteiger partial charge >= 0.3 is 0 Å². The predicted octanol–water partition coefficient (Wildman–Crippen LogP) is 5.73. The molecule has 0 heterocycles. The summed E-state index contributed by atoms with van der Waals surface area (Å²) in [6, 6.07) is 0. The highest BCUT2D eigenvalue weighted by molar-refractivity contribution is 4.38. The number of methoxy groups -OCH3 is 1. The quantitative estimate of drug-likeness (QED) is 0.456. The first kappa shape index (κ1) is 36.1. The van der Waals surface area contributed by atoms with Crippen LogP contribution in [0, 0.1) is 0 Å². The fourth-order valence-electron chi connectivity index (χ4n) is 0.419. The maximum absolute atomic E-state index is 4.90. The van der Waals surface area contributed by atoms with Crippen molar-refractivity contribution in [2.24, 2.45) is 0 Å². The Morgan fingerprint density at radius 2 is 1.17 bits per heavy atom. The molecule has 2 atom stereocenters. The van der Waals surface area contributed by atoms with Crippen LogP contribution in [0.15, 0.2) is 0 Å². The summed E-state index contributed by atoms with van der Waals surface area (Å²) < 4.78 is 4.90. The van der Waals surface area contributed by atoms with Crippen molar-refractivity contribution in [3.8, 4) is 0 Å². The first-order valence-electron chi connectivity index (χ1n) is 5.43. The van der Waals surface area contributed by atoms with Crippen LogP contribution in [0.2, 0.25) is 0 Å².